The third-order valence-electron chi connectivity index (χ3n) is 5.46. The fourth-order valence-corrected chi connectivity index (χ4v) is 4.67. The molecule has 8 heteroatoms. The lowest BCUT2D eigenvalue weighted by molar-refractivity contribution is -0.130. The summed E-state index contributed by atoms with van der Waals surface area (Å²) >= 11 is 0. The van der Waals surface area contributed by atoms with Crippen molar-refractivity contribution in [3.63, 3.8) is 0 Å². The van der Waals surface area contributed by atoms with E-state index in [1.54, 1.807) is 12.0 Å². The molecule has 0 aromatic heterocycles. The summed E-state index contributed by atoms with van der Waals surface area (Å²) in [5.41, 5.74) is 1.58. The van der Waals surface area contributed by atoms with Gasteiger partial charge in [-0.15, -0.1) is 0 Å². The number of carbonyl (C=O) groups excluding carboxylic acids is 2. The number of amides is 1. The van der Waals surface area contributed by atoms with Crippen molar-refractivity contribution < 1.29 is 22.7 Å². The second kappa shape index (κ2) is 8.97. The van der Waals surface area contributed by atoms with Gasteiger partial charge >= 0.3 is 0 Å². The highest BCUT2D eigenvalue weighted by Gasteiger charge is 2.30. The van der Waals surface area contributed by atoms with Gasteiger partial charge in [0, 0.05) is 31.6 Å². The molecular formula is C22H26N2O5S. The van der Waals surface area contributed by atoms with Crippen molar-refractivity contribution in [1.82, 2.24) is 9.21 Å². The van der Waals surface area contributed by atoms with E-state index in [0.717, 1.165) is 22.0 Å². The van der Waals surface area contributed by atoms with Crippen molar-refractivity contribution in [3.8, 4) is 5.75 Å². The Morgan fingerprint density at radius 3 is 2.30 bits per heavy atom. The number of ether oxygens (including phenoxy) is 1. The molecular weight excluding hydrogens is 404 g/mol. The predicted molar refractivity (Wildman–Crippen MR) is 113 cm³/mol. The van der Waals surface area contributed by atoms with E-state index in [4.69, 9.17) is 4.74 Å². The minimum atomic E-state index is -3.82. The Bertz CT molecular complexity index is 1020. The Labute approximate surface area is 177 Å². The number of likely N-dealkylation sites (tertiary alicyclic amines) is 1. The zero-order valence-electron chi connectivity index (χ0n) is 17.4. The van der Waals surface area contributed by atoms with E-state index < -0.39 is 10.0 Å². The van der Waals surface area contributed by atoms with Crippen molar-refractivity contribution in [3.05, 3.63) is 59.7 Å². The van der Waals surface area contributed by atoms with Crippen LogP contribution in [-0.2, 0) is 14.8 Å². The maximum absolute atomic E-state index is 12.8. The maximum Gasteiger partial charge on any atom is 0.243 e. The summed E-state index contributed by atoms with van der Waals surface area (Å²) in [5, 5.41) is 0. The summed E-state index contributed by atoms with van der Waals surface area (Å²) < 4.78 is 31.8. The van der Waals surface area contributed by atoms with Gasteiger partial charge in [0.25, 0.3) is 0 Å². The van der Waals surface area contributed by atoms with Crippen molar-refractivity contribution in [2.75, 3.05) is 33.8 Å². The highest BCUT2D eigenvalue weighted by molar-refractivity contribution is 7.89. The number of nitrogens with zero attached hydrogens (tertiary/aromatic N) is 2. The van der Waals surface area contributed by atoms with Crippen LogP contribution in [0.15, 0.2) is 53.4 Å². The second-order valence-electron chi connectivity index (χ2n) is 7.44. The molecule has 2 aromatic rings. The lowest BCUT2D eigenvalue weighted by atomic mass is 9.98. The van der Waals surface area contributed by atoms with E-state index in [1.165, 1.54) is 38.2 Å². The fourth-order valence-electron chi connectivity index (χ4n) is 3.55. The van der Waals surface area contributed by atoms with Gasteiger partial charge in [0.05, 0.1) is 18.6 Å². The molecule has 3 rings (SSSR count). The molecule has 1 heterocycles. The van der Waals surface area contributed by atoms with E-state index >= 15 is 0 Å². The molecule has 1 unspecified atom stereocenters. The topological polar surface area (TPSA) is 84.0 Å². The van der Waals surface area contributed by atoms with E-state index in [0.29, 0.717) is 18.7 Å². The van der Waals surface area contributed by atoms with Crippen LogP contribution in [0, 0.1) is 0 Å². The fraction of sp³-hybridized carbons (Fsp3) is 0.364. The molecule has 0 aliphatic carbocycles. The maximum atomic E-state index is 12.8. The third-order valence-corrected chi connectivity index (χ3v) is 7.27. The average Bonchev–Trinajstić information content (AvgIpc) is 3.24. The molecule has 0 saturated carbocycles. The van der Waals surface area contributed by atoms with Crippen molar-refractivity contribution in [2.45, 2.75) is 24.2 Å². The number of methoxy groups -OCH3 is 1. The first-order valence-electron chi connectivity index (χ1n) is 9.71. The van der Waals surface area contributed by atoms with Crippen LogP contribution in [0.1, 0.15) is 35.2 Å². The Morgan fingerprint density at radius 2 is 1.73 bits per heavy atom. The Balaban J connectivity index is 1.62. The van der Waals surface area contributed by atoms with E-state index in [2.05, 4.69) is 0 Å². The highest BCUT2D eigenvalue weighted by atomic mass is 32.2. The Kier molecular flexibility index (Phi) is 6.58. The van der Waals surface area contributed by atoms with Gasteiger partial charge in [-0.05, 0) is 43.2 Å². The van der Waals surface area contributed by atoms with Gasteiger partial charge in [0.1, 0.15) is 5.75 Å². The summed E-state index contributed by atoms with van der Waals surface area (Å²) in [6, 6.07) is 13.5. The number of ketones is 1. The van der Waals surface area contributed by atoms with Crippen LogP contribution in [0.4, 0.5) is 0 Å². The molecule has 1 fully saturated rings. The summed E-state index contributed by atoms with van der Waals surface area (Å²) in [5.74, 6) is 0.647. The molecule has 1 amide bonds. The van der Waals surface area contributed by atoms with Crippen LogP contribution in [-0.4, -0.2) is 63.1 Å². The number of hydrogen-bond acceptors (Lipinski definition) is 5. The molecule has 0 radical (unpaired) electrons. The predicted octanol–water partition coefficient (Wildman–Crippen LogP) is 2.53. The lowest BCUT2D eigenvalue weighted by Gasteiger charge is -2.22. The number of carbonyl (C=O) groups is 2. The monoisotopic (exact) mass is 430 g/mol. The zero-order chi connectivity index (χ0) is 21.9. The van der Waals surface area contributed by atoms with Crippen LogP contribution in [0.3, 0.4) is 0 Å². The van der Waals surface area contributed by atoms with Crippen molar-refractivity contribution >= 4 is 21.7 Å². The molecule has 1 aliphatic heterocycles. The summed E-state index contributed by atoms with van der Waals surface area (Å²) in [6.07, 6.45) is 0.834. The largest absolute Gasteiger partial charge is 0.497 e. The SMILES string of the molecule is COc1ccc(C2CCN(C(=O)CN(C)S(=O)(=O)c3ccc(C(C)=O)cc3)C2)cc1. The number of likely N-dealkylation sites (N-methyl/N-ethyl adjacent to an activating group) is 1. The molecule has 2 aromatic carbocycles. The van der Waals surface area contributed by atoms with Crippen LogP contribution >= 0.6 is 0 Å². The molecule has 1 atom stereocenters. The van der Waals surface area contributed by atoms with E-state index in [1.807, 2.05) is 24.3 Å². The first-order chi connectivity index (χ1) is 14.2. The molecule has 1 aliphatic rings. The number of benzene rings is 2. The highest BCUT2D eigenvalue weighted by Crippen LogP contribution is 2.28. The second-order valence-corrected chi connectivity index (χ2v) is 9.49. The van der Waals surface area contributed by atoms with Crippen molar-refractivity contribution in [2.24, 2.45) is 0 Å². The van der Waals surface area contributed by atoms with Gasteiger partial charge in [0.2, 0.25) is 15.9 Å². The van der Waals surface area contributed by atoms with Crippen LogP contribution in [0.2, 0.25) is 0 Å². The number of sulfonamides is 1. The smallest absolute Gasteiger partial charge is 0.243 e. The summed E-state index contributed by atoms with van der Waals surface area (Å²) in [7, 11) is -0.809. The zero-order valence-corrected chi connectivity index (χ0v) is 18.2. The molecule has 0 spiro atoms. The standard InChI is InChI=1S/C22H26N2O5S/c1-16(25)17-6-10-21(11-7-17)30(27,28)23(2)15-22(26)24-13-12-19(14-24)18-4-8-20(29-3)9-5-18/h4-11,19H,12-15H2,1-3H3. The minimum absolute atomic E-state index is 0.0559. The Morgan fingerprint density at radius 1 is 1.10 bits per heavy atom. The minimum Gasteiger partial charge on any atom is -0.497 e. The molecule has 7 nitrogen and oxygen atoms in total. The molecule has 0 bridgehead atoms. The van der Waals surface area contributed by atoms with Gasteiger partial charge in [-0.25, -0.2) is 8.42 Å². The van der Waals surface area contributed by atoms with Gasteiger partial charge in [0.15, 0.2) is 5.78 Å². The van der Waals surface area contributed by atoms with Gasteiger partial charge in [-0.3, -0.25) is 9.59 Å². The number of Topliss-reactive ketones (excluding diaryl/α,β-unsaturated/α-hetero) is 1. The third kappa shape index (κ3) is 4.71. The first-order valence-corrected chi connectivity index (χ1v) is 11.2. The van der Waals surface area contributed by atoms with Gasteiger partial charge in [-0.2, -0.15) is 4.31 Å². The van der Waals surface area contributed by atoms with E-state index in [9.17, 15) is 18.0 Å². The number of hydrogen-bond donors (Lipinski definition) is 0. The summed E-state index contributed by atoms with van der Waals surface area (Å²) in [4.78, 5) is 25.9. The first kappa shape index (κ1) is 22.0. The molecule has 30 heavy (non-hydrogen) atoms. The molecule has 0 N–H and O–H groups in total. The molecule has 1 saturated heterocycles. The molecule has 160 valence electrons. The van der Waals surface area contributed by atoms with Gasteiger partial charge < -0.3 is 9.64 Å². The van der Waals surface area contributed by atoms with Crippen molar-refractivity contribution in [1.29, 1.82) is 0 Å². The van der Waals surface area contributed by atoms with Gasteiger partial charge in [-0.1, -0.05) is 24.3 Å². The van der Waals surface area contributed by atoms with Crippen LogP contribution in [0.5, 0.6) is 5.75 Å². The number of rotatable bonds is 7. The average molecular weight is 431 g/mol. The normalized spacial score (nSPS) is 16.7. The quantitative estimate of drug-likeness (QED) is 0.631. The summed E-state index contributed by atoms with van der Waals surface area (Å²) in [6.45, 7) is 2.35. The van der Waals surface area contributed by atoms with E-state index in [-0.39, 0.29) is 29.0 Å². The van der Waals surface area contributed by atoms with Crippen LogP contribution < -0.4 is 4.74 Å². The lowest BCUT2D eigenvalue weighted by Crippen LogP contribution is -2.40. The van der Waals surface area contributed by atoms with Crippen LogP contribution in [0.25, 0.3) is 0 Å². The Hall–Kier alpha value is -2.71.